The van der Waals surface area contributed by atoms with Crippen molar-refractivity contribution in [2.24, 2.45) is 0 Å². The molecular weight excluding hydrogens is 596 g/mol. The van der Waals surface area contributed by atoms with Crippen LogP contribution in [-0.2, 0) is 22.6 Å². The Labute approximate surface area is 263 Å². The Bertz CT molecular complexity index is 1880. The number of halogens is 2. The zero-order valence-electron chi connectivity index (χ0n) is 25.3. The van der Waals surface area contributed by atoms with E-state index in [2.05, 4.69) is 29.8 Å². The predicted molar refractivity (Wildman–Crippen MR) is 171 cm³/mol. The highest BCUT2D eigenvalue weighted by Gasteiger charge is 2.30. The number of nitrogens with zero attached hydrogens (tertiary/aromatic N) is 6. The van der Waals surface area contributed by atoms with E-state index in [0.29, 0.717) is 35.7 Å². The van der Waals surface area contributed by atoms with Crippen LogP contribution < -0.4 is 5.32 Å². The lowest BCUT2D eigenvalue weighted by Crippen LogP contribution is -2.41. The monoisotopic (exact) mass is 629 g/mol. The Balaban J connectivity index is 1.51. The highest BCUT2D eigenvalue weighted by molar-refractivity contribution is 7.17. The quantitative estimate of drug-likeness (QED) is 0.206. The lowest BCUT2D eigenvalue weighted by molar-refractivity contribution is -0.129. The fraction of sp³-hybridized carbons (Fsp3) is 0.303. The molecule has 0 unspecified atom stereocenters. The third kappa shape index (κ3) is 5.59. The maximum atomic E-state index is 14.9. The number of pyridine rings is 2. The van der Waals surface area contributed by atoms with Crippen molar-refractivity contribution in [3.8, 4) is 22.6 Å². The molecule has 0 spiro atoms. The molecule has 2 aliphatic rings. The van der Waals surface area contributed by atoms with Crippen molar-refractivity contribution in [2.45, 2.75) is 38.9 Å². The maximum absolute atomic E-state index is 14.9. The summed E-state index contributed by atoms with van der Waals surface area (Å²) >= 11 is 1.43. The predicted octanol–water partition coefficient (Wildman–Crippen LogP) is 5.77. The van der Waals surface area contributed by atoms with E-state index in [1.165, 1.54) is 23.5 Å². The van der Waals surface area contributed by atoms with E-state index in [9.17, 15) is 18.4 Å². The van der Waals surface area contributed by atoms with E-state index in [1.54, 1.807) is 11.9 Å². The van der Waals surface area contributed by atoms with Crippen molar-refractivity contribution in [3.63, 3.8) is 0 Å². The van der Waals surface area contributed by atoms with Gasteiger partial charge < -0.3 is 10.2 Å². The molecule has 6 rings (SSSR count). The lowest BCUT2D eigenvalue weighted by atomic mass is 9.95. The minimum atomic E-state index is -0.761. The molecule has 2 atom stereocenters. The van der Waals surface area contributed by atoms with Gasteiger partial charge in [0.15, 0.2) is 0 Å². The molecule has 0 fully saturated rings. The molecule has 6 heterocycles. The molecule has 9 nitrogen and oxygen atoms in total. The van der Waals surface area contributed by atoms with Gasteiger partial charge in [-0.2, -0.15) is 5.10 Å². The maximum Gasteiger partial charge on any atom is 0.246 e. The number of hydrogen-bond donors (Lipinski definition) is 1. The van der Waals surface area contributed by atoms with Crippen LogP contribution in [0.15, 0.2) is 60.7 Å². The first-order chi connectivity index (χ1) is 21.7. The molecule has 0 saturated heterocycles. The number of carbonyl (C=O) groups excluding carboxylic acids is 2. The van der Waals surface area contributed by atoms with Crippen LogP contribution in [0, 0.1) is 0 Å². The standard InChI is InChI=1S/C33H33F2N7O2S/c1-5-30(44)41-11-12-42-28(20(41)3)16-27(39-42)32-25(15-22(35)6-9-34)33-23(8-13-45-33)31(38-32)21-14-24-19(2)40(18-29(43)36-4)10-7-26(24)37-17-21/h5-6,8-9,13-17,19-20H,1,7,10-12,18H2,2-4H3,(H,36,43)/b9-6+,22-15?/t19-,20-/m1/s1. The molecular formula is C33H33F2N7O2S. The summed E-state index contributed by atoms with van der Waals surface area (Å²) in [7, 11) is 1.63. The second kappa shape index (κ2) is 12.4. The lowest BCUT2D eigenvalue weighted by Gasteiger charge is -2.34. The van der Waals surface area contributed by atoms with E-state index in [1.807, 2.05) is 35.3 Å². The molecule has 4 aromatic rings. The number of likely N-dealkylation sites (N-methyl/N-ethyl adjacent to an activating group) is 1. The van der Waals surface area contributed by atoms with Crippen molar-refractivity contribution in [3.05, 3.63) is 83.2 Å². The Morgan fingerprint density at radius 3 is 2.76 bits per heavy atom. The fourth-order valence-electron chi connectivity index (χ4n) is 6.21. The molecule has 12 heteroatoms. The van der Waals surface area contributed by atoms with Gasteiger partial charge in [0.25, 0.3) is 0 Å². The van der Waals surface area contributed by atoms with Gasteiger partial charge in [-0.1, -0.05) is 6.58 Å². The van der Waals surface area contributed by atoms with Crippen LogP contribution >= 0.6 is 11.3 Å². The Hall–Kier alpha value is -4.55. The van der Waals surface area contributed by atoms with Crippen LogP contribution in [0.5, 0.6) is 0 Å². The average Bonchev–Trinajstić information content (AvgIpc) is 3.71. The van der Waals surface area contributed by atoms with Crippen molar-refractivity contribution in [1.82, 2.24) is 34.9 Å². The van der Waals surface area contributed by atoms with Gasteiger partial charge in [-0.15, -0.1) is 11.3 Å². The van der Waals surface area contributed by atoms with Gasteiger partial charge in [0.1, 0.15) is 17.2 Å². The first-order valence-electron chi connectivity index (χ1n) is 14.7. The first-order valence-corrected chi connectivity index (χ1v) is 15.6. The molecule has 232 valence electrons. The van der Waals surface area contributed by atoms with Gasteiger partial charge in [0.05, 0.1) is 36.8 Å². The molecule has 0 saturated carbocycles. The molecule has 0 aliphatic carbocycles. The largest absolute Gasteiger partial charge is 0.358 e. The van der Waals surface area contributed by atoms with Crippen LogP contribution in [0.1, 0.15) is 48.4 Å². The number of carbonyl (C=O) groups is 2. The first kappa shape index (κ1) is 30.5. The van der Waals surface area contributed by atoms with Crippen molar-refractivity contribution in [1.29, 1.82) is 0 Å². The van der Waals surface area contributed by atoms with Gasteiger partial charge in [-0.05, 0) is 55.1 Å². The van der Waals surface area contributed by atoms with E-state index in [-0.39, 0.29) is 36.8 Å². The fourth-order valence-corrected chi connectivity index (χ4v) is 7.12. The van der Waals surface area contributed by atoms with Crippen molar-refractivity contribution < 1.29 is 18.4 Å². The summed E-state index contributed by atoms with van der Waals surface area (Å²) in [6.45, 7) is 9.59. The molecule has 1 N–H and O–H groups in total. The average molecular weight is 630 g/mol. The highest BCUT2D eigenvalue weighted by atomic mass is 32.1. The minimum absolute atomic E-state index is 0.0395. The zero-order chi connectivity index (χ0) is 31.8. The minimum Gasteiger partial charge on any atom is -0.358 e. The Kier molecular flexibility index (Phi) is 8.43. The summed E-state index contributed by atoms with van der Waals surface area (Å²) in [5.41, 5.74) is 5.70. The Morgan fingerprint density at radius 2 is 2.00 bits per heavy atom. The molecule has 4 aromatic heterocycles. The van der Waals surface area contributed by atoms with E-state index in [4.69, 9.17) is 15.1 Å². The van der Waals surface area contributed by atoms with Crippen LogP contribution in [0.4, 0.5) is 8.78 Å². The third-order valence-electron chi connectivity index (χ3n) is 8.64. The van der Waals surface area contributed by atoms with Crippen molar-refractivity contribution in [2.75, 3.05) is 26.7 Å². The smallest absolute Gasteiger partial charge is 0.246 e. The third-order valence-corrected chi connectivity index (χ3v) is 9.59. The Morgan fingerprint density at radius 1 is 1.18 bits per heavy atom. The molecule has 2 amide bonds. The molecule has 0 radical (unpaired) electrons. The second-order valence-corrected chi connectivity index (χ2v) is 12.0. The summed E-state index contributed by atoms with van der Waals surface area (Å²) in [5.74, 6) is -0.972. The number of hydrogen-bond acceptors (Lipinski definition) is 7. The van der Waals surface area contributed by atoms with Crippen LogP contribution in [0.3, 0.4) is 0 Å². The van der Waals surface area contributed by atoms with Crippen LogP contribution in [0.25, 0.3) is 38.8 Å². The summed E-state index contributed by atoms with van der Waals surface area (Å²) in [5, 5.41) is 10.3. The summed E-state index contributed by atoms with van der Waals surface area (Å²) < 4.78 is 30.5. The molecule has 0 aromatic carbocycles. The SMILES string of the molecule is C=CC(=O)N1CCn2nc(-c3nc(-c4cnc5c(c4)[C@@H](C)N(CC(=O)NC)CC5)c4ccsc4c3C=C(F)/C=C/F)cc2[C@H]1C. The van der Waals surface area contributed by atoms with Gasteiger partial charge >= 0.3 is 0 Å². The van der Waals surface area contributed by atoms with Crippen LogP contribution in [-0.4, -0.2) is 68.0 Å². The number of allylic oxidation sites excluding steroid dienone is 2. The van der Waals surface area contributed by atoms with E-state index in [0.717, 1.165) is 51.6 Å². The van der Waals surface area contributed by atoms with Gasteiger partial charge in [0.2, 0.25) is 11.8 Å². The number of fused-ring (bicyclic) bond motifs is 3. The summed E-state index contributed by atoms with van der Waals surface area (Å²) in [6, 6.07) is 5.59. The molecule has 2 aliphatic heterocycles. The topological polar surface area (TPSA) is 96.2 Å². The number of amides is 2. The second-order valence-electron chi connectivity index (χ2n) is 11.1. The van der Waals surface area contributed by atoms with Gasteiger partial charge in [0, 0.05) is 71.8 Å². The van der Waals surface area contributed by atoms with E-state index >= 15 is 0 Å². The van der Waals surface area contributed by atoms with Gasteiger partial charge in [-0.3, -0.25) is 24.2 Å². The summed E-state index contributed by atoms with van der Waals surface area (Å²) in [6.07, 6.45) is 6.03. The van der Waals surface area contributed by atoms with Crippen LogP contribution in [0.2, 0.25) is 0 Å². The number of nitrogens with one attached hydrogen (secondary N) is 1. The summed E-state index contributed by atoms with van der Waals surface area (Å²) in [4.78, 5) is 38.4. The number of aromatic nitrogens is 4. The zero-order valence-corrected chi connectivity index (χ0v) is 26.1. The highest BCUT2D eigenvalue weighted by Crippen LogP contribution is 2.41. The number of thiophene rings is 1. The normalized spacial score (nSPS) is 18.7. The molecule has 0 bridgehead atoms. The van der Waals surface area contributed by atoms with Crippen molar-refractivity contribution >= 4 is 39.3 Å². The van der Waals surface area contributed by atoms with E-state index < -0.39 is 5.83 Å². The number of rotatable bonds is 7. The van der Waals surface area contributed by atoms with Gasteiger partial charge in [-0.25, -0.2) is 13.8 Å². The molecule has 45 heavy (non-hydrogen) atoms.